The Morgan fingerprint density at radius 2 is 0.613 bits per heavy atom. The maximum atomic E-state index is 14.2. The molecule has 0 radical (unpaired) electrons. The standard InChI is InChI=1S/C32H12BF24.C22H24N/c34-25(35,36)13-1-14(26(37,38)39)6-21(5-13)33(22-7-15(27(40,41)42)2-16(8-22)28(43,44)45,23-9-17(29(46,47)48)3-18(10-23)30(49,50)51)24-11-19(31(52,53)54)4-20(12-24)32(55,56)57;1-3-9-18(10-4-1)17-23-21-14-8-7-13-20(21)15-16-22(23)19-11-5-2-6-12-19/h1-12H;1,3-4,7-10,13-16,19H,2,5-6,11-12,17H2/q-1;+1. The second kappa shape index (κ2) is 21.5. The topological polar surface area (TPSA) is 3.88 Å². The Kier molecular flexibility index (Phi) is 16.4. The highest BCUT2D eigenvalue weighted by Gasteiger charge is 2.47. The van der Waals surface area contributed by atoms with Gasteiger partial charge in [-0.25, -0.2) is 0 Å². The zero-order valence-electron chi connectivity index (χ0n) is 40.2. The fraction of sp³-hybridized carbons (Fsp3) is 0.278. The Morgan fingerprint density at radius 3 is 0.912 bits per heavy atom. The molecule has 7 aromatic rings. The zero-order valence-corrected chi connectivity index (χ0v) is 40.2. The molecule has 0 spiro atoms. The van der Waals surface area contributed by atoms with E-state index in [9.17, 15) is 105 Å². The average molecular weight is 1170 g/mol. The minimum absolute atomic E-state index is 0.691. The summed E-state index contributed by atoms with van der Waals surface area (Å²) >= 11 is 0. The summed E-state index contributed by atoms with van der Waals surface area (Å²) < 4.78 is 343. The normalized spacial score (nSPS) is 14.8. The van der Waals surface area contributed by atoms with Crippen molar-refractivity contribution in [1.29, 1.82) is 0 Å². The van der Waals surface area contributed by atoms with Crippen LogP contribution >= 0.6 is 0 Å². The summed E-state index contributed by atoms with van der Waals surface area (Å²) in [6, 6.07) is 15.5. The molecule has 1 heterocycles. The Morgan fingerprint density at radius 1 is 0.325 bits per heavy atom. The number of pyridine rings is 1. The first-order valence-electron chi connectivity index (χ1n) is 23.5. The molecule has 1 saturated carbocycles. The van der Waals surface area contributed by atoms with Crippen LogP contribution in [0, 0.1) is 0 Å². The largest absolute Gasteiger partial charge is 0.416 e. The number of para-hydroxylation sites is 1. The van der Waals surface area contributed by atoms with Crippen molar-refractivity contribution in [3.63, 3.8) is 0 Å². The van der Waals surface area contributed by atoms with Crippen molar-refractivity contribution in [2.45, 2.75) is 94.0 Å². The van der Waals surface area contributed by atoms with E-state index in [0.29, 0.717) is 0 Å². The molecule has 1 aliphatic rings. The highest BCUT2D eigenvalue weighted by atomic mass is 19.4. The lowest BCUT2D eigenvalue weighted by Crippen LogP contribution is -2.75. The van der Waals surface area contributed by atoms with Gasteiger partial charge in [0.25, 0.3) is 0 Å². The summed E-state index contributed by atoms with van der Waals surface area (Å²) in [5.41, 5.74) is -25.9. The Labute approximate surface area is 437 Å². The van der Waals surface area contributed by atoms with Gasteiger partial charge in [0.1, 0.15) is 6.15 Å². The van der Waals surface area contributed by atoms with E-state index in [1.54, 1.807) is 0 Å². The minimum atomic E-state index is -6.13. The Hall–Kier alpha value is -6.89. The molecule has 428 valence electrons. The van der Waals surface area contributed by atoms with Crippen LogP contribution in [0.4, 0.5) is 105 Å². The van der Waals surface area contributed by atoms with Crippen molar-refractivity contribution in [3.8, 4) is 0 Å². The molecule has 0 N–H and O–H groups in total. The molecule has 1 aliphatic carbocycles. The van der Waals surface area contributed by atoms with Crippen molar-refractivity contribution >= 4 is 38.9 Å². The number of alkyl halides is 24. The van der Waals surface area contributed by atoms with Crippen molar-refractivity contribution in [2.75, 3.05) is 0 Å². The first kappa shape index (κ1) is 60.7. The number of rotatable bonds is 7. The third-order valence-corrected chi connectivity index (χ3v) is 13.6. The maximum absolute atomic E-state index is 14.2. The van der Waals surface area contributed by atoms with Gasteiger partial charge in [-0.05, 0) is 49.2 Å². The van der Waals surface area contributed by atoms with Crippen molar-refractivity contribution in [1.82, 2.24) is 0 Å². The molecule has 0 bridgehead atoms. The number of nitrogens with zero attached hydrogens (tertiary/aromatic N) is 1. The third kappa shape index (κ3) is 13.5. The zero-order chi connectivity index (χ0) is 59.4. The summed E-state index contributed by atoms with van der Waals surface area (Å²) in [5.74, 6) is 0.720. The molecule has 1 fully saturated rings. The Bertz CT molecular complexity index is 2900. The molecule has 0 unspecified atom stereocenters. The minimum Gasteiger partial charge on any atom is -0.194 e. The number of benzene rings is 6. The first-order valence-corrected chi connectivity index (χ1v) is 23.5. The van der Waals surface area contributed by atoms with E-state index in [1.807, 2.05) is 0 Å². The molecule has 1 aromatic heterocycles. The molecule has 80 heavy (non-hydrogen) atoms. The van der Waals surface area contributed by atoms with Crippen molar-refractivity contribution in [3.05, 3.63) is 195 Å². The Balaban J connectivity index is 0.000000329. The first-order chi connectivity index (χ1) is 36.7. The van der Waals surface area contributed by atoms with Crippen LogP contribution in [-0.2, 0) is 56.0 Å². The predicted octanol–water partition coefficient (Wildman–Crippen LogP) is 16.4. The molecule has 0 atom stereocenters. The van der Waals surface area contributed by atoms with Gasteiger partial charge in [0, 0.05) is 29.0 Å². The molecule has 6 aromatic carbocycles. The third-order valence-electron chi connectivity index (χ3n) is 13.6. The molecule has 0 amide bonds. The fourth-order valence-electron chi connectivity index (χ4n) is 10.0. The average Bonchev–Trinajstić information content (AvgIpc) is 3.35. The van der Waals surface area contributed by atoms with Crippen molar-refractivity contribution < 1.29 is 110 Å². The molecule has 0 aliphatic heterocycles. The summed E-state index contributed by atoms with van der Waals surface area (Å²) in [7, 11) is 0. The van der Waals surface area contributed by atoms with Gasteiger partial charge in [-0.3, -0.25) is 0 Å². The number of halogens is 24. The van der Waals surface area contributed by atoms with Gasteiger partial charge in [0.2, 0.25) is 5.52 Å². The van der Waals surface area contributed by atoms with Gasteiger partial charge in [0.05, 0.1) is 44.5 Å². The van der Waals surface area contributed by atoms with Crippen LogP contribution < -0.4 is 26.4 Å². The smallest absolute Gasteiger partial charge is 0.194 e. The van der Waals surface area contributed by atoms with Gasteiger partial charge in [0.15, 0.2) is 12.2 Å². The van der Waals surface area contributed by atoms with E-state index in [0.717, 1.165) is 12.5 Å². The van der Waals surface area contributed by atoms with Gasteiger partial charge in [-0.2, -0.15) is 132 Å². The van der Waals surface area contributed by atoms with Crippen LogP contribution in [0.25, 0.3) is 10.9 Å². The predicted molar refractivity (Wildman–Crippen MR) is 246 cm³/mol. The van der Waals surface area contributed by atoms with E-state index in [1.165, 1.54) is 54.3 Å². The van der Waals surface area contributed by atoms with Crippen LogP contribution in [0.5, 0.6) is 0 Å². The second-order valence-corrected chi connectivity index (χ2v) is 18.9. The quantitative estimate of drug-likeness (QED) is 0.0851. The van der Waals surface area contributed by atoms with Crippen LogP contribution in [0.2, 0.25) is 0 Å². The fourth-order valence-corrected chi connectivity index (χ4v) is 10.0. The lowest BCUT2D eigenvalue weighted by atomic mass is 9.12. The van der Waals surface area contributed by atoms with Crippen LogP contribution in [0.1, 0.15) is 93.8 Å². The molecular formula is C54H36BF24N. The van der Waals surface area contributed by atoms with Gasteiger partial charge >= 0.3 is 49.4 Å². The highest BCUT2D eigenvalue weighted by Crippen LogP contribution is 2.42. The monoisotopic (exact) mass is 1170 g/mol. The van der Waals surface area contributed by atoms with Gasteiger partial charge < -0.3 is 0 Å². The number of hydrogen-bond acceptors (Lipinski definition) is 0. The molecule has 26 heteroatoms. The van der Waals surface area contributed by atoms with E-state index in [4.69, 9.17) is 0 Å². The number of fused-ring (bicyclic) bond motifs is 1. The van der Waals surface area contributed by atoms with Crippen molar-refractivity contribution in [2.24, 2.45) is 0 Å². The molecular weight excluding hydrogens is 1130 g/mol. The lowest BCUT2D eigenvalue weighted by Gasteiger charge is -2.46. The maximum Gasteiger partial charge on any atom is 0.416 e. The van der Waals surface area contributed by atoms with Gasteiger partial charge in [-0.1, -0.05) is 110 Å². The summed E-state index contributed by atoms with van der Waals surface area (Å²) in [4.78, 5) is 0. The van der Waals surface area contributed by atoms with E-state index >= 15 is 0 Å². The van der Waals surface area contributed by atoms with E-state index in [-0.39, 0.29) is 0 Å². The summed E-state index contributed by atoms with van der Waals surface area (Å²) in [6.07, 6.45) is -48.0. The molecule has 8 rings (SSSR count). The highest BCUT2D eigenvalue weighted by molar-refractivity contribution is 7.20. The summed E-state index contributed by atoms with van der Waals surface area (Å²) in [5, 5.41) is 1.34. The van der Waals surface area contributed by atoms with Crippen LogP contribution in [0.3, 0.4) is 0 Å². The summed E-state index contributed by atoms with van der Waals surface area (Å²) in [6.45, 7) is 0.966. The number of hydrogen-bond donors (Lipinski definition) is 0. The SMILES string of the molecule is FC(F)(F)c1cc([B-](c2cc(C(F)(F)F)cc(C(F)(F)F)c2)(c2cc(C(F)(F)F)cc(C(F)(F)F)c2)c2cc(C(F)(F)F)cc(C(F)(F)F)c2)cc(C(F)(F)F)c1.c1ccc(C[n+]2c(C3CCCCC3)ccc3ccccc32)cc1. The lowest BCUT2D eigenvalue weighted by molar-refractivity contribution is -0.671. The molecule has 1 nitrogen and oxygen atoms in total. The molecule has 0 saturated heterocycles. The van der Waals surface area contributed by atoms with Crippen LogP contribution in [-0.4, -0.2) is 6.15 Å². The number of aromatic nitrogens is 1. The second-order valence-electron chi connectivity index (χ2n) is 18.9. The van der Waals surface area contributed by atoms with Crippen LogP contribution in [0.15, 0.2) is 140 Å². The van der Waals surface area contributed by atoms with Gasteiger partial charge in [-0.15, -0.1) is 0 Å². The van der Waals surface area contributed by atoms with E-state index in [2.05, 4.69) is 71.3 Å². The van der Waals surface area contributed by atoms with E-state index < -0.39 is 195 Å².